The molecule has 0 saturated heterocycles. The highest BCUT2D eigenvalue weighted by Crippen LogP contribution is 2.06. The molecule has 0 bridgehead atoms. The van der Waals surface area contributed by atoms with E-state index in [-0.39, 0.29) is 5.69 Å². The van der Waals surface area contributed by atoms with Crippen molar-refractivity contribution in [3.05, 3.63) is 64.5 Å². The topological polar surface area (TPSA) is 78.2 Å². The van der Waals surface area contributed by atoms with Gasteiger partial charge in [-0.25, -0.2) is 9.48 Å². The summed E-state index contributed by atoms with van der Waals surface area (Å²) >= 11 is 0. The minimum Gasteiger partial charge on any atom is -0.325 e. The molecule has 0 saturated carbocycles. The van der Waals surface area contributed by atoms with Gasteiger partial charge < -0.3 is 5.73 Å². The number of rotatable bonds is 3. The van der Waals surface area contributed by atoms with Crippen LogP contribution in [0.4, 0.5) is 0 Å². The van der Waals surface area contributed by atoms with Crippen LogP contribution in [0.5, 0.6) is 0 Å². The summed E-state index contributed by atoms with van der Waals surface area (Å²) in [6.07, 6.45) is 3.40. The molecule has 0 radical (unpaired) electrons. The third-order valence-electron chi connectivity index (χ3n) is 2.99. The summed E-state index contributed by atoms with van der Waals surface area (Å²) in [7, 11) is 0. The van der Waals surface area contributed by atoms with Gasteiger partial charge in [0.25, 0.3) is 0 Å². The molecule has 6 heteroatoms. The van der Waals surface area contributed by atoms with Gasteiger partial charge in [-0.15, -0.1) is 5.10 Å². The number of aromatic nitrogens is 4. The molecular formula is C13H13N5O. The second-order valence-electron chi connectivity index (χ2n) is 4.18. The molecule has 0 unspecified atom stereocenters. The van der Waals surface area contributed by atoms with E-state index in [0.29, 0.717) is 18.7 Å². The van der Waals surface area contributed by atoms with Crippen LogP contribution in [-0.4, -0.2) is 19.2 Å². The largest absolute Gasteiger partial charge is 0.350 e. The summed E-state index contributed by atoms with van der Waals surface area (Å²) in [5.41, 5.74) is 7.80. The van der Waals surface area contributed by atoms with Crippen molar-refractivity contribution >= 4 is 5.65 Å². The molecule has 0 aromatic carbocycles. The Kier molecular flexibility index (Phi) is 2.85. The van der Waals surface area contributed by atoms with Gasteiger partial charge in [0.05, 0.1) is 12.2 Å². The summed E-state index contributed by atoms with van der Waals surface area (Å²) in [5, 5.41) is 4.28. The lowest BCUT2D eigenvalue weighted by Crippen LogP contribution is -2.22. The monoisotopic (exact) mass is 255 g/mol. The van der Waals surface area contributed by atoms with Gasteiger partial charge in [-0.05, 0) is 23.8 Å². The van der Waals surface area contributed by atoms with Gasteiger partial charge in [0, 0.05) is 18.9 Å². The highest BCUT2D eigenvalue weighted by Gasteiger charge is 2.08. The molecule has 3 heterocycles. The minimum absolute atomic E-state index is 0.164. The fourth-order valence-corrected chi connectivity index (χ4v) is 2.03. The Morgan fingerprint density at radius 2 is 2.11 bits per heavy atom. The van der Waals surface area contributed by atoms with Crippen molar-refractivity contribution in [3.63, 3.8) is 0 Å². The van der Waals surface area contributed by atoms with E-state index in [1.54, 1.807) is 24.5 Å². The Bertz CT molecular complexity index is 774. The van der Waals surface area contributed by atoms with Crippen molar-refractivity contribution in [2.45, 2.75) is 13.1 Å². The van der Waals surface area contributed by atoms with Crippen molar-refractivity contribution in [1.82, 2.24) is 19.2 Å². The number of pyridine rings is 2. The summed E-state index contributed by atoms with van der Waals surface area (Å²) in [6, 6.07) is 9.18. The Morgan fingerprint density at radius 1 is 1.21 bits per heavy atom. The van der Waals surface area contributed by atoms with Crippen molar-refractivity contribution in [1.29, 1.82) is 0 Å². The Balaban J connectivity index is 2.06. The average Bonchev–Trinajstić information content (AvgIpc) is 2.77. The van der Waals surface area contributed by atoms with Gasteiger partial charge in [0.15, 0.2) is 5.65 Å². The van der Waals surface area contributed by atoms with E-state index in [0.717, 1.165) is 11.3 Å². The molecule has 0 spiro atoms. The second-order valence-corrected chi connectivity index (χ2v) is 4.18. The molecule has 0 aliphatic rings. The minimum atomic E-state index is -0.164. The van der Waals surface area contributed by atoms with E-state index in [1.165, 1.54) is 9.08 Å². The van der Waals surface area contributed by atoms with E-state index in [9.17, 15) is 4.79 Å². The van der Waals surface area contributed by atoms with E-state index in [2.05, 4.69) is 10.1 Å². The molecule has 0 aliphatic heterocycles. The lowest BCUT2D eigenvalue weighted by molar-refractivity contribution is 0.650. The summed E-state index contributed by atoms with van der Waals surface area (Å²) in [5.74, 6) is 0. The Labute approximate surface area is 109 Å². The van der Waals surface area contributed by atoms with Gasteiger partial charge in [0.2, 0.25) is 0 Å². The lowest BCUT2D eigenvalue weighted by atomic mass is 10.2. The first-order valence-electron chi connectivity index (χ1n) is 5.96. The zero-order valence-electron chi connectivity index (χ0n) is 10.2. The van der Waals surface area contributed by atoms with Crippen molar-refractivity contribution in [2.75, 3.05) is 0 Å². The van der Waals surface area contributed by atoms with Gasteiger partial charge in [0.1, 0.15) is 0 Å². The zero-order valence-corrected chi connectivity index (χ0v) is 10.2. The lowest BCUT2D eigenvalue weighted by Gasteiger charge is -2.05. The molecule has 0 aliphatic carbocycles. The molecule has 3 aromatic heterocycles. The number of hydrogen-bond acceptors (Lipinski definition) is 4. The maximum atomic E-state index is 12.1. The SMILES string of the molecule is NCc1ncccc1Cn1nc2ccccn2c1=O. The summed E-state index contributed by atoms with van der Waals surface area (Å²) in [6.45, 7) is 0.721. The molecular weight excluding hydrogens is 242 g/mol. The van der Waals surface area contributed by atoms with Crippen molar-refractivity contribution in [2.24, 2.45) is 5.73 Å². The smallest absolute Gasteiger partial charge is 0.325 e. The van der Waals surface area contributed by atoms with Crippen LogP contribution in [0.15, 0.2) is 47.5 Å². The standard InChI is InChI=1S/C13H13N5O/c14-8-11-10(4-3-6-15-11)9-18-13(19)17-7-2-1-5-12(17)16-18/h1-7H,8-9,14H2. The number of nitrogens with two attached hydrogens (primary N) is 1. The van der Waals surface area contributed by atoms with Crippen LogP contribution in [0.25, 0.3) is 5.65 Å². The quantitative estimate of drug-likeness (QED) is 0.734. The van der Waals surface area contributed by atoms with E-state index in [1.807, 2.05) is 18.2 Å². The van der Waals surface area contributed by atoms with Gasteiger partial charge in [-0.1, -0.05) is 12.1 Å². The van der Waals surface area contributed by atoms with Crippen LogP contribution in [0.3, 0.4) is 0 Å². The predicted molar refractivity (Wildman–Crippen MR) is 70.7 cm³/mol. The number of hydrogen-bond donors (Lipinski definition) is 1. The first-order chi connectivity index (χ1) is 9.29. The van der Waals surface area contributed by atoms with Crippen LogP contribution in [0, 0.1) is 0 Å². The van der Waals surface area contributed by atoms with Crippen LogP contribution in [0.1, 0.15) is 11.3 Å². The molecule has 0 atom stereocenters. The highest BCUT2D eigenvalue weighted by molar-refractivity contribution is 5.35. The predicted octanol–water partition coefficient (Wildman–Crippen LogP) is 0.398. The maximum absolute atomic E-state index is 12.1. The third kappa shape index (κ3) is 2.02. The molecule has 19 heavy (non-hydrogen) atoms. The molecule has 6 nitrogen and oxygen atoms in total. The molecule has 96 valence electrons. The van der Waals surface area contributed by atoms with Crippen molar-refractivity contribution < 1.29 is 0 Å². The average molecular weight is 255 g/mol. The van der Waals surface area contributed by atoms with Gasteiger partial charge in [-0.2, -0.15) is 0 Å². The number of nitrogens with zero attached hydrogens (tertiary/aromatic N) is 4. The molecule has 0 fully saturated rings. The normalized spacial score (nSPS) is 11.0. The third-order valence-corrected chi connectivity index (χ3v) is 2.99. The molecule has 3 rings (SSSR count). The first kappa shape index (κ1) is 11.6. The Hall–Kier alpha value is -2.47. The summed E-state index contributed by atoms with van der Waals surface area (Å²) < 4.78 is 2.93. The van der Waals surface area contributed by atoms with Crippen LogP contribution >= 0.6 is 0 Å². The molecule has 2 N–H and O–H groups in total. The van der Waals surface area contributed by atoms with Gasteiger partial charge in [-0.3, -0.25) is 9.38 Å². The van der Waals surface area contributed by atoms with E-state index in [4.69, 9.17) is 5.73 Å². The van der Waals surface area contributed by atoms with Gasteiger partial charge >= 0.3 is 5.69 Å². The van der Waals surface area contributed by atoms with Crippen LogP contribution in [0.2, 0.25) is 0 Å². The Morgan fingerprint density at radius 3 is 2.89 bits per heavy atom. The van der Waals surface area contributed by atoms with Crippen molar-refractivity contribution in [3.8, 4) is 0 Å². The molecule has 3 aromatic rings. The fraction of sp³-hybridized carbons (Fsp3) is 0.154. The second kappa shape index (κ2) is 4.66. The summed E-state index contributed by atoms with van der Waals surface area (Å²) in [4.78, 5) is 16.3. The van der Waals surface area contributed by atoms with Crippen LogP contribution in [-0.2, 0) is 13.1 Å². The molecule has 0 amide bonds. The number of fused-ring (bicyclic) bond motifs is 1. The highest BCUT2D eigenvalue weighted by atomic mass is 16.2. The van der Waals surface area contributed by atoms with E-state index >= 15 is 0 Å². The first-order valence-corrected chi connectivity index (χ1v) is 5.96. The zero-order chi connectivity index (χ0) is 13.2. The van der Waals surface area contributed by atoms with E-state index < -0.39 is 0 Å². The van der Waals surface area contributed by atoms with Crippen LogP contribution < -0.4 is 11.4 Å². The fourth-order valence-electron chi connectivity index (χ4n) is 2.03. The maximum Gasteiger partial charge on any atom is 0.350 e.